The summed E-state index contributed by atoms with van der Waals surface area (Å²) in [7, 11) is 0. The summed E-state index contributed by atoms with van der Waals surface area (Å²) in [6.45, 7) is 5.57. The normalized spacial score (nSPS) is 12.0. The van der Waals surface area contributed by atoms with Gasteiger partial charge in [0.15, 0.2) is 0 Å². The number of carbonyl (C=O) groups excluding carboxylic acids is 1. The molecular formula is C12H17FN2O. The Hall–Kier alpha value is -1.58. The quantitative estimate of drug-likeness (QED) is 0.814. The molecule has 0 saturated carbocycles. The number of halogens is 1. The van der Waals surface area contributed by atoms with E-state index < -0.39 is 0 Å². The minimum atomic E-state index is -0.318. The zero-order valence-corrected chi connectivity index (χ0v) is 9.80. The Labute approximate surface area is 95.0 Å². The molecule has 0 bridgehead atoms. The van der Waals surface area contributed by atoms with E-state index in [0.29, 0.717) is 11.3 Å². The van der Waals surface area contributed by atoms with E-state index >= 15 is 0 Å². The maximum Gasteiger partial charge on any atom is 0.319 e. The van der Waals surface area contributed by atoms with Gasteiger partial charge in [0.05, 0.1) is 0 Å². The first-order valence-corrected chi connectivity index (χ1v) is 5.36. The molecular weight excluding hydrogens is 207 g/mol. The van der Waals surface area contributed by atoms with E-state index in [9.17, 15) is 9.18 Å². The summed E-state index contributed by atoms with van der Waals surface area (Å²) in [6.07, 6.45) is 0.857. The summed E-state index contributed by atoms with van der Waals surface area (Å²) < 4.78 is 13.2. The molecule has 0 fully saturated rings. The zero-order valence-electron chi connectivity index (χ0n) is 9.80. The maximum atomic E-state index is 13.2. The van der Waals surface area contributed by atoms with E-state index in [2.05, 4.69) is 10.6 Å². The average Bonchev–Trinajstić information content (AvgIpc) is 2.23. The van der Waals surface area contributed by atoms with E-state index in [1.54, 1.807) is 19.1 Å². The molecule has 1 aromatic carbocycles. The van der Waals surface area contributed by atoms with Crippen molar-refractivity contribution in [1.29, 1.82) is 0 Å². The van der Waals surface area contributed by atoms with Crippen LogP contribution < -0.4 is 10.6 Å². The van der Waals surface area contributed by atoms with E-state index in [-0.39, 0.29) is 17.9 Å². The Kier molecular flexibility index (Phi) is 4.28. The van der Waals surface area contributed by atoms with Gasteiger partial charge >= 0.3 is 6.03 Å². The summed E-state index contributed by atoms with van der Waals surface area (Å²) in [6, 6.07) is 4.42. The molecule has 2 amide bonds. The van der Waals surface area contributed by atoms with Gasteiger partial charge in [-0.25, -0.2) is 9.18 Å². The maximum absolute atomic E-state index is 13.2. The number of aryl methyl sites for hydroxylation is 1. The summed E-state index contributed by atoms with van der Waals surface area (Å²) in [5.41, 5.74) is 1.02. The molecule has 0 aliphatic carbocycles. The smallest absolute Gasteiger partial charge is 0.319 e. The SMILES string of the molecule is CC[C@H](C)NC(=O)Nc1ccc(C)c(F)c1. The van der Waals surface area contributed by atoms with Crippen molar-refractivity contribution in [2.45, 2.75) is 33.2 Å². The van der Waals surface area contributed by atoms with Gasteiger partial charge in [-0.1, -0.05) is 13.0 Å². The number of carbonyl (C=O) groups is 1. The fourth-order valence-electron chi connectivity index (χ4n) is 1.16. The van der Waals surface area contributed by atoms with E-state index in [4.69, 9.17) is 0 Å². The molecule has 1 rings (SSSR count). The molecule has 4 heteroatoms. The molecule has 0 aromatic heterocycles. The second-order valence-electron chi connectivity index (χ2n) is 3.87. The van der Waals surface area contributed by atoms with Crippen LogP contribution in [0.2, 0.25) is 0 Å². The number of nitrogens with one attached hydrogen (secondary N) is 2. The van der Waals surface area contributed by atoms with Crippen LogP contribution in [0.5, 0.6) is 0 Å². The predicted molar refractivity (Wildman–Crippen MR) is 63.0 cm³/mol. The zero-order chi connectivity index (χ0) is 12.1. The first kappa shape index (κ1) is 12.5. The van der Waals surface area contributed by atoms with Gasteiger partial charge in [0.25, 0.3) is 0 Å². The molecule has 0 spiro atoms. The van der Waals surface area contributed by atoms with Gasteiger partial charge in [-0.15, -0.1) is 0 Å². The minimum Gasteiger partial charge on any atom is -0.335 e. The molecule has 0 radical (unpaired) electrons. The highest BCUT2D eigenvalue weighted by atomic mass is 19.1. The average molecular weight is 224 g/mol. The van der Waals surface area contributed by atoms with Crippen molar-refractivity contribution in [1.82, 2.24) is 5.32 Å². The van der Waals surface area contributed by atoms with Crippen LogP contribution in [0.1, 0.15) is 25.8 Å². The first-order valence-electron chi connectivity index (χ1n) is 5.36. The molecule has 0 saturated heterocycles. The topological polar surface area (TPSA) is 41.1 Å². The van der Waals surface area contributed by atoms with Gasteiger partial charge < -0.3 is 10.6 Å². The first-order chi connectivity index (χ1) is 7.52. The standard InChI is InChI=1S/C12H17FN2O/c1-4-9(3)14-12(16)15-10-6-5-8(2)11(13)7-10/h5-7,9H,4H2,1-3H3,(H2,14,15,16)/t9-/m0/s1. The van der Waals surface area contributed by atoms with Gasteiger partial charge in [-0.2, -0.15) is 0 Å². The van der Waals surface area contributed by atoms with Crippen molar-refractivity contribution in [3.63, 3.8) is 0 Å². The highest BCUT2D eigenvalue weighted by molar-refractivity contribution is 5.89. The number of hydrogen-bond acceptors (Lipinski definition) is 1. The van der Waals surface area contributed by atoms with Gasteiger partial charge in [-0.3, -0.25) is 0 Å². The summed E-state index contributed by atoms with van der Waals surface area (Å²) in [4.78, 5) is 11.4. The number of urea groups is 1. The van der Waals surface area contributed by atoms with Crippen LogP contribution in [-0.2, 0) is 0 Å². The fraction of sp³-hybridized carbons (Fsp3) is 0.417. The van der Waals surface area contributed by atoms with Crippen LogP contribution in [-0.4, -0.2) is 12.1 Å². The molecule has 16 heavy (non-hydrogen) atoms. The van der Waals surface area contributed by atoms with Gasteiger partial charge in [-0.05, 0) is 38.0 Å². The number of benzene rings is 1. The molecule has 3 nitrogen and oxygen atoms in total. The predicted octanol–water partition coefficient (Wildman–Crippen LogP) is 3.05. The van der Waals surface area contributed by atoms with Crippen molar-refractivity contribution in [2.24, 2.45) is 0 Å². The van der Waals surface area contributed by atoms with E-state index in [1.165, 1.54) is 6.07 Å². The third-order valence-corrected chi connectivity index (χ3v) is 2.42. The Balaban J connectivity index is 2.59. The lowest BCUT2D eigenvalue weighted by Crippen LogP contribution is -2.35. The minimum absolute atomic E-state index is 0.107. The van der Waals surface area contributed by atoms with Crippen molar-refractivity contribution in [2.75, 3.05) is 5.32 Å². The Morgan fingerprint density at radius 3 is 2.75 bits per heavy atom. The van der Waals surface area contributed by atoms with Crippen molar-refractivity contribution in [3.8, 4) is 0 Å². The lowest BCUT2D eigenvalue weighted by molar-refractivity contribution is 0.249. The van der Waals surface area contributed by atoms with Crippen LogP contribution in [0.25, 0.3) is 0 Å². The third-order valence-electron chi connectivity index (χ3n) is 2.42. The van der Waals surface area contributed by atoms with E-state index in [0.717, 1.165) is 6.42 Å². The number of rotatable bonds is 3. The number of amides is 2. The van der Waals surface area contributed by atoms with Gasteiger partial charge in [0.1, 0.15) is 5.82 Å². The van der Waals surface area contributed by atoms with Crippen molar-refractivity contribution < 1.29 is 9.18 Å². The highest BCUT2D eigenvalue weighted by Gasteiger charge is 2.06. The lowest BCUT2D eigenvalue weighted by atomic mass is 10.2. The summed E-state index contributed by atoms with van der Waals surface area (Å²) in [5.74, 6) is -0.318. The molecule has 0 heterocycles. The fourth-order valence-corrected chi connectivity index (χ4v) is 1.16. The van der Waals surface area contributed by atoms with Gasteiger partial charge in [0.2, 0.25) is 0 Å². The van der Waals surface area contributed by atoms with Crippen LogP contribution in [0.15, 0.2) is 18.2 Å². The Morgan fingerprint density at radius 2 is 2.19 bits per heavy atom. The summed E-state index contributed by atoms with van der Waals surface area (Å²) in [5, 5.41) is 5.32. The molecule has 88 valence electrons. The number of hydrogen-bond donors (Lipinski definition) is 2. The molecule has 1 atom stereocenters. The lowest BCUT2D eigenvalue weighted by Gasteiger charge is -2.12. The Morgan fingerprint density at radius 1 is 1.50 bits per heavy atom. The van der Waals surface area contributed by atoms with Crippen LogP contribution in [0, 0.1) is 12.7 Å². The molecule has 0 aliphatic rings. The van der Waals surface area contributed by atoms with Gasteiger partial charge in [0, 0.05) is 11.7 Å². The van der Waals surface area contributed by atoms with Crippen LogP contribution in [0.3, 0.4) is 0 Å². The summed E-state index contributed by atoms with van der Waals surface area (Å²) >= 11 is 0. The number of anilines is 1. The monoisotopic (exact) mass is 224 g/mol. The largest absolute Gasteiger partial charge is 0.335 e. The second-order valence-corrected chi connectivity index (χ2v) is 3.87. The van der Waals surface area contributed by atoms with Crippen LogP contribution >= 0.6 is 0 Å². The van der Waals surface area contributed by atoms with Crippen molar-refractivity contribution in [3.05, 3.63) is 29.6 Å². The van der Waals surface area contributed by atoms with E-state index in [1.807, 2.05) is 13.8 Å². The molecule has 2 N–H and O–H groups in total. The van der Waals surface area contributed by atoms with Crippen molar-refractivity contribution >= 4 is 11.7 Å². The third kappa shape index (κ3) is 3.53. The Bertz CT molecular complexity index is 379. The second kappa shape index (κ2) is 5.49. The van der Waals surface area contributed by atoms with Crippen LogP contribution in [0.4, 0.5) is 14.9 Å². The molecule has 0 aliphatic heterocycles. The molecule has 1 aromatic rings. The highest BCUT2D eigenvalue weighted by Crippen LogP contribution is 2.13. The molecule has 0 unspecified atom stereocenters.